The molecule has 0 aliphatic heterocycles. The number of nitrogens with one attached hydrogen (secondary N) is 1. The number of amides is 1. The average molecular weight is 392 g/mol. The Hall–Kier alpha value is -1.76. The molecule has 0 unspecified atom stereocenters. The van der Waals surface area contributed by atoms with E-state index in [9.17, 15) is 22.8 Å². The number of carbonyl (C=O) groups excluding carboxylic acids is 1. The monoisotopic (exact) mass is 391 g/mol. The molecule has 0 heterocycles. The van der Waals surface area contributed by atoms with Gasteiger partial charge in [0.15, 0.2) is 0 Å². The minimum atomic E-state index is -4.17. The Balaban J connectivity index is 1.91. The van der Waals surface area contributed by atoms with E-state index in [1.807, 2.05) is 0 Å². The van der Waals surface area contributed by atoms with Crippen LogP contribution in [0.5, 0.6) is 0 Å². The molecule has 0 aromatic heterocycles. The summed E-state index contributed by atoms with van der Waals surface area (Å²) in [5.74, 6) is -2.79. The molecular formula is C18H21ClF3NO3. The van der Waals surface area contributed by atoms with E-state index < -0.39 is 24.1 Å². The number of benzene rings is 1. The highest BCUT2D eigenvalue weighted by Gasteiger charge is 2.41. The molecule has 26 heavy (non-hydrogen) atoms. The zero-order valence-electron chi connectivity index (χ0n) is 14.1. The van der Waals surface area contributed by atoms with Crippen LogP contribution in [-0.2, 0) is 9.59 Å². The Kier molecular flexibility index (Phi) is 6.92. The van der Waals surface area contributed by atoms with E-state index >= 15 is 0 Å². The standard InChI is InChI=1S/C18H21ClF3NO3/c19-14-7-3-12(4-8-14)15(10-17(25)26)23-16(24)9-11-1-5-13(6-2-11)18(20,21)22/h3-4,7-8,11,13,15H,1-2,5-6,9-10H2,(H,23,24)(H,25,26)/t11?,13?,15-/m0/s1. The van der Waals surface area contributed by atoms with E-state index in [1.54, 1.807) is 24.3 Å². The molecule has 1 atom stereocenters. The number of aliphatic carboxylic acids is 1. The van der Waals surface area contributed by atoms with E-state index in [1.165, 1.54) is 0 Å². The molecule has 1 aromatic carbocycles. The molecular weight excluding hydrogens is 371 g/mol. The van der Waals surface area contributed by atoms with Crippen LogP contribution in [0, 0.1) is 11.8 Å². The van der Waals surface area contributed by atoms with Gasteiger partial charge in [-0.1, -0.05) is 23.7 Å². The predicted octanol–water partition coefficient (Wildman–Crippen LogP) is 4.73. The number of hydrogen-bond acceptors (Lipinski definition) is 2. The maximum Gasteiger partial charge on any atom is 0.391 e. The van der Waals surface area contributed by atoms with Gasteiger partial charge in [-0.15, -0.1) is 0 Å². The van der Waals surface area contributed by atoms with Gasteiger partial charge in [-0.2, -0.15) is 13.2 Å². The first-order chi connectivity index (χ1) is 12.1. The summed E-state index contributed by atoms with van der Waals surface area (Å²) in [5, 5.41) is 12.2. The Bertz CT molecular complexity index is 626. The number of alkyl halides is 3. The van der Waals surface area contributed by atoms with Crippen molar-refractivity contribution < 1.29 is 27.9 Å². The van der Waals surface area contributed by atoms with Crippen molar-refractivity contribution in [2.45, 2.75) is 50.7 Å². The van der Waals surface area contributed by atoms with Gasteiger partial charge in [-0.25, -0.2) is 0 Å². The molecule has 1 aliphatic carbocycles. The number of carboxylic acid groups (broad SMARTS) is 1. The average Bonchev–Trinajstić information content (AvgIpc) is 2.54. The first kappa shape index (κ1) is 20.6. The van der Waals surface area contributed by atoms with Gasteiger partial charge in [0.05, 0.1) is 18.4 Å². The summed E-state index contributed by atoms with van der Waals surface area (Å²) in [5.41, 5.74) is 0.617. The number of hydrogen-bond donors (Lipinski definition) is 2. The SMILES string of the molecule is O=C(O)C[C@H](NC(=O)CC1CCC(C(F)(F)F)CC1)c1ccc(Cl)cc1. The van der Waals surface area contributed by atoms with Crippen molar-refractivity contribution >= 4 is 23.5 Å². The first-order valence-electron chi connectivity index (χ1n) is 8.48. The molecule has 144 valence electrons. The minimum absolute atomic E-state index is 0.0389. The first-order valence-corrected chi connectivity index (χ1v) is 8.86. The topological polar surface area (TPSA) is 66.4 Å². The normalized spacial score (nSPS) is 21.8. The largest absolute Gasteiger partial charge is 0.481 e. The van der Waals surface area contributed by atoms with E-state index in [2.05, 4.69) is 5.32 Å². The molecule has 1 aliphatic rings. The summed E-state index contributed by atoms with van der Waals surface area (Å²) in [6.45, 7) is 0. The number of rotatable bonds is 6. The van der Waals surface area contributed by atoms with Crippen LogP contribution in [0.4, 0.5) is 13.2 Å². The van der Waals surface area contributed by atoms with Crippen molar-refractivity contribution in [2.24, 2.45) is 11.8 Å². The molecule has 2 rings (SSSR count). The van der Waals surface area contributed by atoms with Gasteiger partial charge in [0.2, 0.25) is 5.91 Å². The van der Waals surface area contributed by atoms with Crippen LogP contribution < -0.4 is 5.32 Å². The highest BCUT2D eigenvalue weighted by Crippen LogP contribution is 2.40. The fourth-order valence-electron chi connectivity index (χ4n) is 3.33. The van der Waals surface area contributed by atoms with Gasteiger partial charge in [0, 0.05) is 11.4 Å². The molecule has 1 fully saturated rings. The summed E-state index contributed by atoms with van der Waals surface area (Å²) in [6.07, 6.45) is -3.57. The fourth-order valence-corrected chi connectivity index (χ4v) is 3.46. The van der Waals surface area contributed by atoms with Gasteiger partial charge in [0.25, 0.3) is 0 Å². The summed E-state index contributed by atoms with van der Waals surface area (Å²) in [4.78, 5) is 23.3. The van der Waals surface area contributed by atoms with Gasteiger partial charge >= 0.3 is 12.1 Å². The van der Waals surface area contributed by atoms with Crippen molar-refractivity contribution in [1.82, 2.24) is 5.32 Å². The van der Waals surface area contributed by atoms with Crippen LogP contribution >= 0.6 is 11.6 Å². The zero-order valence-corrected chi connectivity index (χ0v) is 14.8. The van der Waals surface area contributed by atoms with Gasteiger partial charge in [-0.05, 0) is 49.3 Å². The Labute approximate surface area is 154 Å². The third-order valence-electron chi connectivity index (χ3n) is 4.77. The van der Waals surface area contributed by atoms with E-state index in [0.29, 0.717) is 23.4 Å². The molecule has 0 spiro atoms. The van der Waals surface area contributed by atoms with E-state index in [0.717, 1.165) is 0 Å². The van der Waals surface area contributed by atoms with Crippen LogP contribution in [0.3, 0.4) is 0 Å². The van der Waals surface area contributed by atoms with Crippen LogP contribution in [-0.4, -0.2) is 23.2 Å². The van der Waals surface area contributed by atoms with Gasteiger partial charge in [-0.3, -0.25) is 9.59 Å². The second-order valence-electron chi connectivity index (χ2n) is 6.73. The highest BCUT2D eigenvalue weighted by atomic mass is 35.5. The number of carbonyl (C=O) groups is 2. The van der Waals surface area contributed by atoms with Crippen molar-refractivity contribution in [3.8, 4) is 0 Å². The smallest absolute Gasteiger partial charge is 0.391 e. The lowest BCUT2D eigenvalue weighted by molar-refractivity contribution is -0.184. The maximum atomic E-state index is 12.7. The predicted molar refractivity (Wildman–Crippen MR) is 90.7 cm³/mol. The van der Waals surface area contributed by atoms with Crippen LogP contribution in [0.2, 0.25) is 5.02 Å². The molecule has 0 saturated heterocycles. The van der Waals surface area contributed by atoms with Crippen LogP contribution in [0.15, 0.2) is 24.3 Å². The lowest BCUT2D eigenvalue weighted by Gasteiger charge is -2.29. The van der Waals surface area contributed by atoms with E-state index in [-0.39, 0.29) is 37.5 Å². The van der Waals surface area contributed by atoms with Crippen molar-refractivity contribution in [3.05, 3.63) is 34.9 Å². The Morgan fingerprint density at radius 3 is 2.23 bits per heavy atom. The zero-order chi connectivity index (χ0) is 19.3. The summed E-state index contributed by atoms with van der Waals surface area (Å²) in [6, 6.07) is 5.80. The van der Waals surface area contributed by atoms with Crippen molar-refractivity contribution in [3.63, 3.8) is 0 Å². The number of halogens is 4. The number of carboxylic acids is 1. The van der Waals surface area contributed by atoms with Crippen LogP contribution in [0.25, 0.3) is 0 Å². The molecule has 0 bridgehead atoms. The second kappa shape index (κ2) is 8.75. The molecule has 1 aromatic rings. The Morgan fingerprint density at radius 2 is 1.73 bits per heavy atom. The summed E-state index contributed by atoms with van der Waals surface area (Å²) >= 11 is 5.82. The van der Waals surface area contributed by atoms with Crippen LogP contribution in [0.1, 0.15) is 50.1 Å². The van der Waals surface area contributed by atoms with Gasteiger partial charge < -0.3 is 10.4 Å². The molecule has 1 amide bonds. The highest BCUT2D eigenvalue weighted by molar-refractivity contribution is 6.30. The lowest BCUT2D eigenvalue weighted by atomic mass is 9.80. The van der Waals surface area contributed by atoms with Crippen molar-refractivity contribution in [2.75, 3.05) is 0 Å². The molecule has 1 saturated carbocycles. The summed E-state index contributed by atoms with van der Waals surface area (Å²) < 4.78 is 38.1. The molecule has 0 radical (unpaired) electrons. The summed E-state index contributed by atoms with van der Waals surface area (Å²) in [7, 11) is 0. The lowest BCUT2D eigenvalue weighted by Crippen LogP contribution is -2.33. The third-order valence-corrected chi connectivity index (χ3v) is 5.02. The third kappa shape index (κ3) is 6.20. The molecule has 4 nitrogen and oxygen atoms in total. The minimum Gasteiger partial charge on any atom is -0.481 e. The molecule has 2 N–H and O–H groups in total. The van der Waals surface area contributed by atoms with Crippen molar-refractivity contribution in [1.29, 1.82) is 0 Å². The molecule has 8 heteroatoms. The van der Waals surface area contributed by atoms with Gasteiger partial charge in [0.1, 0.15) is 0 Å². The Morgan fingerprint density at radius 1 is 1.15 bits per heavy atom. The quantitative estimate of drug-likeness (QED) is 0.736. The fraction of sp³-hybridized carbons (Fsp3) is 0.556. The van der Waals surface area contributed by atoms with E-state index in [4.69, 9.17) is 16.7 Å². The second-order valence-corrected chi connectivity index (χ2v) is 7.17. The maximum absolute atomic E-state index is 12.7.